The number of aromatic nitrogens is 2. The number of benzene rings is 1. The van der Waals surface area contributed by atoms with Crippen molar-refractivity contribution in [3.63, 3.8) is 0 Å². The highest BCUT2D eigenvalue weighted by Gasteiger charge is 1.99. The van der Waals surface area contributed by atoms with Crippen LogP contribution in [0.25, 0.3) is 24.3 Å². The van der Waals surface area contributed by atoms with E-state index in [1.54, 1.807) is 36.9 Å². The smallest absolute Gasteiger partial charge is 0.131 e. The molecule has 112 valence electrons. The zero-order valence-electron chi connectivity index (χ0n) is 12.4. The Kier molecular flexibility index (Phi) is 4.69. The lowest BCUT2D eigenvalue weighted by atomic mass is 10.1. The van der Waals surface area contributed by atoms with Crippen LogP contribution in [0.4, 0.5) is 4.39 Å². The number of pyridine rings is 2. The second kappa shape index (κ2) is 7.27. The molecular weight excluding hydrogens is 287 g/mol. The van der Waals surface area contributed by atoms with E-state index in [-0.39, 0.29) is 5.82 Å². The topological polar surface area (TPSA) is 25.8 Å². The molecule has 0 radical (unpaired) electrons. The Morgan fingerprint density at radius 3 is 1.70 bits per heavy atom. The van der Waals surface area contributed by atoms with E-state index in [4.69, 9.17) is 0 Å². The van der Waals surface area contributed by atoms with E-state index in [1.165, 1.54) is 6.07 Å². The summed E-state index contributed by atoms with van der Waals surface area (Å²) in [6, 6.07) is 12.8. The molecule has 0 atom stereocenters. The minimum atomic E-state index is -0.243. The van der Waals surface area contributed by atoms with Gasteiger partial charge in [-0.25, -0.2) is 4.39 Å². The summed E-state index contributed by atoms with van der Waals surface area (Å²) < 4.78 is 14.2. The molecule has 1 aromatic carbocycles. The first-order valence-corrected chi connectivity index (χ1v) is 7.27. The summed E-state index contributed by atoms with van der Waals surface area (Å²) in [7, 11) is 0. The molecule has 3 heteroatoms. The Morgan fingerprint density at radius 1 is 0.609 bits per heavy atom. The molecule has 0 aliphatic rings. The summed E-state index contributed by atoms with van der Waals surface area (Å²) in [5.41, 5.74) is 3.39. The van der Waals surface area contributed by atoms with Gasteiger partial charge in [0.1, 0.15) is 5.82 Å². The summed E-state index contributed by atoms with van der Waals surface area (Å²) in [5, 5.41) is 0. The molecule has 0 saturated carbocycles. The molecule has 0 spiro atoms. The molecule has 3 rings (SSSR count). The van der Waals surface area contributed by atoms with E-state index >= 15 is 0 Å². The number of rotatable bonds is 4. The van der Waals surface area contributed by atoms with Crippen LogP contribution in [0, 0.1) is 5.82 Å². The molecule has 0 fully saturated rings. The Morgan fingerprint density at radius 2 is 1.13 bits per heavy atom. The fraction of sp³-hybridized carbons (Fsp3) is 0. The third kappa shape index (κ3) is 4.20. The summed E-state index contributed by atoms with van der Waals surface area (Å²) >= 11 is 0. The average molecular weight is 302 g/mol. The van der Waals surface area contributed by atoms with Gasteiger partial charge in [0.25, 0.3) is 0 Å². The van der Waals surface area contributed by atoms with Gasteiger partial charge in [-0.05, 0) is 47.0 Å². The summed E-state index contributed by atoms with van der Waals surface area (Å²) in [6.45, 7) is 0. The van der Waals surface area contributed by atoms with Gasteiger partial charge in [-0.2, -0.15) is 0 Å². The van der Waals surface area contributed by atoms with Crippen molar-refractivity contribution in [1.82, 2.24) is 9.97 Å². The van der Waals surface area contributed by atoms with Crippen LogP contribution in [-0.4, -0.2) is 9.97 Å². The molecule has 0 aliphatic heterocycles. The van der Waals surface area contributed by atoms with E-state index in [2.05, 4.69) is 9.97 Å². The van der Waals surface area contributed by atoms with Crippen LogP contribution in [0.1, 0.15) is 22.3 Å². The molecule has 0 unspecified atom stereocenters. The second-order valence-electron chi connectivity index (χ2n) is 5.01. The molecular formula is C20H15FN2. The Balaban J connectivity index is 1.76. The zero-order valence-corrected chi connectivity index (χ0v) is 12.4. The SMILES string of the molecule is Fc1cc(/C=C/c2ccncc2)ccc1/C=C/c1ccncc1. The van der Waals surface area contributed by atoms with Gasteiger partial charge >= 0.3 is 0 Å². The number of halogens is 1. The Bertz CT molecular complexity index is 825. The van der Waals surface area contributed by atoms with Gasteiger partial charge in [0.2, 0.25) is 0 Å². The molecule has 2 nitrogen and oxygen atoms in total. The highest BCUT2D eigenvalue weighted by atomic mass is 19.1. The summed E-state index contributed by atoms with van der Waals surface area (Å²) in [4.78, 5) is 7.92. The van der Waals surface area contributed by atoms with Gasteiger partial charge in [0.05, 0.1) is 0 Å². The van der Waals surface area contributed by atoms with Crippen LogP contribution in [0.15, 0.2) is 67.3 Å². The molecule has 0 amide bonds. The molecule has 2 aromatic heterocycles. The van der Waals surface area contributed by atoms with Crippen LogP contribution < -0.4 is 0 Å². The maximum atomic E-state index is 14.2. The minimum absolute atomic E-state index is 0.243. The van der Waals surface area contributed by atoms with E-state index in [0.29, 0.717) is 5.56 Å². The standard InChI is InChI=1S/C20H15FN2/c21-20-15-18(2-1-16-7-11-22-12-8-16)4-6-19(20)5-3-17-9-13-23-14-10-17/h1-15H/b2-1+,5-3+. The molecule has 23 heavy (non-hydrogen) atoms. The molecule has 0 saturated heterocycles. The predicted octanol–water partition coefficient (Wildman–Crippen LogP) is 4.96. The zero-order chi connectivity index (χ0) is 15.9. The molecule has 2 heterocycles. The van der Waals surface area contributed by atoms with E-state index in [9.17, 15) is 4.39 Å². The van der Waals surface area contributed by atoms with Gasteiger partial charge in [-0.15, -0.1) is 0 Å². The van der Waals surface area contributed by atoms with Crippen molar-refractivity contribution < 1.29 is 4.39 Å². The lowest BCUT2D eigenvalue weighted by molar-refractivity contribution is 0.625. The Labute approximate surface area is 134 Å². The number of hydrogen-bond acceptors (Lipinski definition) is 2. The van der Waals surface area contributed by atoms with Crippen molar-refractivity contribution in [2.75, 3.05) is 0 Å². The van der Waals surface area contributed by atoms with Crippen molar-refractivity contribution in [2.24, 2.45) is 0 Å². The van der Waals surface area contributed by atoms with Gasteiger partial charge in [-0.3, -0.25) is 9.97 Å². The lowest BCUT2D eigenvalue weighted by Gasteiger charge is -2.00. The Hall–Kier alpha value is -3.07. The highest BCUT2D eigenvalue weighted by Crippen LogP contribution is 2.16. The third-order valence-electron chi connectivity index (χ3n) is 3.36. The van der Waals surface area contributed by atoms with Gasteiger partial charge in [0, 0.05) is 30.4 Å². The van der Waals surface area contributed by atoms with Gasteiger partial charge in [0.15, 0.2) is 0 Å². The van der Waals surface area contributed by atoms with Crippen LogP contribution in [0.3, 0.4) is 0 Å². The van der Waals surface area contributed by atoms with Crippen molar-refractivity contribution >= 4 is 24.3 Å². The van der Waals surface area contributed by atoms with E-state index in [1.807, 2.05) is 48.6 Å². The van der Waals surface area contributed by atoms with E-state index < -0.39 is 0 Å². The second-order valence-corrected chi connectivity index (χ2v) is 5.01. The van der Waals surface area contributed by atoms with Gasteiger partial charge < -0.3 is 0 Å². The lowest BCUT2D eigenvalue weighted by Crippen LogP contribution is -1.84. The normalized spacial score (nSPS) is 11.3. The van der Waals surface area contributed by atoms with Crippen LogP contribution >= 0.6 is 0 Å². The minimum Gasteiger partial charge on any atom is -0.265 e. The largest absolute Gasteiger partial charge is 0.265 e. The molecule has 0 bridgehead atoms. The summed E-state index contributed by atoms with van der Waals surface area (Å²) in [5.74, 6) is -0.243. The van der Waals surface area contributed by atoms with E-state index in [0.717, 1.165) is 16.7 Å². The number of nitrogens with zero attached hydrogens (tertiary/aromatic N) is 2. The van der Waals surface area contributed by atoms with Crippen molar-refractivity contribution in [3.05, 3.63) is 95.3 Å². The van der Waals surface area contributed by atoms with Crippen LogP contribution in [0.2, 0.25) is 0 Å². The quantitative estimate of drug-likeness (QED) is 0.681. The first-order valence-electron chi connectivity index (χ1n) is 7.27. The van der Waals surface area contributed by atoms with Crippen molar-refractivity contribution in [3.8, 4) is 0 Å². The van der Waals surface area contributed by atoms with Crippen molar-refractivity contribution in [1.29, 1.82) is 0 Å². The van der Waals surface area contributed by atoms with Crippen LogP contribution in [-0.2, 0) is 0 Å². The highest BCUT2D eigenvalue weighted by molar-refractivity contribution is 5.73. The van der Waals surface area contributed by atoms with Gasteiger partial charge in [-0.1, -0.05) is 36.4 Å². The van der Waals surface area contributed by atoms with Crippen molar-refractivity contribution in [2.45, 2.75) is 0 Å². The predicted molar refractivity (Wildman–Crippen MR) is 92.7 cm³/mol. The summed E-state index contributed by atoms with van der Waals surface area (Å²) in [6.07, 6.45) is 14.3. The first-order chi connectivity index (χ1) is 11.3. The third-order valence-corrected chi connectivity index (χ3v) is 3.36. The first kappa shape index (κ1) is 14.9. The maximum absolute atomic E-state index is 14.2. The van der Waals surface area contributed by atoms with Crippen LogP contribution in [0.5, 0.6) is 0 Å². The molecule has 0 aliphatic carbocycles. The monoisotopic (exact) mass is 302 g/mol. The maximum Gasteiger partial charge on any atom is 0.131 e. The fourth-order valence-electron chi connectivity index (χ4n) is 2.11. The average Bonchev–Trinajstić information content (AvgIpc) is 2.61. The molecule has 3 aromatic rings. The number of hydrogen-bond donors (Lipinski definition) is 0. The fourth-order valence-corrected chi connectivity index (χ4v) is 2.11. The molecule has 0 N–H and O–H groups in total.